The predicted octanol–water partition coefficient (Wildman–Crippen LogP) is 5.14. The molecule has 0 aliphatic rings. The number of benzene rings is 1. The molecule has 1 atom stereocenters. The van der Waals surface area contributed by atoms with Gasteiger partial charge in [0.2, 0.25) is 0 Å². The maximum atomic E-state index is 2.39. The van der Waals surface area contributed by atoms with Gasteiger partial charge >= 0.3 is 0 Å². The van der Waals surface area contributed by atoms with E-state index in [0.29, 0.717) is 0 Å². The maximum Gasteiger partial charge on any atom is -0.0279 e. The first-order chi connectivity index (χ1) is 7.72. The summed E-state index contributed by atoms with van der Waals surface area (Å²) in [5.41, 5.74) is 2.85. The van der Waals surface area contributed by atoms with E-state index in [-0.39, 0.29) is 0 Å². The summed E-state index contributed by atoms with van der Waals surface area (Å²) >= 11 is 0. The maximum absolute atomic E-state index is 2.39. The van der Waals surface area contributed by atoms with E-state index < -0.39 is 0 Å². The summed E-state index contributed by atoms with van der Waals surface area (Å²) in [6.45, 7) is 6.82. The van der Waals surface area contributed by atoms with E-state index in [1.54, 1.807) is 0 Å². The molecular formula is C16H26. The molecular weight excluding hydrogens is 192 g/mol. The second kappa shape index (κ2) is 7.49. The first-order valence-corrected chi connectivity index (χ1v) is 6.78. The largest absolute Gasteiger partial charge is 0.0654 e. The predicted molar refractivity (Wildman–Crippen MR) is 72.8 cm³/mol. The zero-order chi connectivity index (χ0) is 11.8. The first kappa shape index (κ1) is 13.3. The van der Waals surface area contributed by atoms with E-state index in [4.69, 9.17) is 0 Å². The Morgan fingerprint density at radius 1 is 1.00 bits per heavy atom. The molecule has 16 heavy (non-hydrogen) atoms. The van der Waals surface area contributed by atoms with Gasteiger partial charge in [-0.25, -0.2) is 0 Å². The van der Waals surface area contributed by atoms with Crippen LogP contribution in [0.5, 0.6) is 0 Å². The van der Waals surface area contributed by atoms with E-state index in [1.165, 1.54) is 49.7 Å². The van der Waals surface area contributed by atoms with Crippen LogP contribution in [0.4, 0.5) is 0 Å². The average Bonchev–Trinajstić information content (AvgIpc) is 2.29. The monoisotopic (exact) mass is 218 g/mol. The minimum absolute atomic E-state index is 0.908. The molecule has 0 aliphatic heterocycles. The van der Waals surface area contributed by atoms with Crippen molar-refractivity contribution in [2.45, 2.75) is 59.3 Å². The second-order valence-corrected chi connectivity index (χ2v) is 5.13. The highest BCUT2D eigenvalue weighted by Crippen LogP contribution is 2.16. The fourth-order valence-corrected chi connectivity index (χ4v) is 2.11. The number of hydrogen-bond donors (Lipinski definition) is 0. The lowest BCUT2D eigenvalue weighted by Crippen LogP contribution is -1.96. The number of aryl methyl sites for hydroxylation is 2. The highest BCUT2D eigenvalue weighted by atomic mass is 14.1. The summed E-state index contributed by atoms with van der Waals surface area (Å²) in [6, 6.07) is 8.98. The quantitative estimate of drug-likeness (QED) is 0.594. The SMILES string of the molecule is CCCCC(C)CCCc1ccc(C)cc1. The molecule has 1 aromatic rings. The smallest absolute Gasteiger partial charge is 0.0279 e. The van der Waals surface area contributed by atoms with Gasteiger partial charge in [0.1, 0.15) is 0 Å². The van der Waals surface area contributed by atoms with Crippen molar-refractivity contribution >= 4 is 0 Å². The van der Waals surface area contributed by atoms with Crippen LogP contribution in [0.15, 0.2) is 24.3 Å². The zero-order valence-electron chi connectivity index (χ0n) is 11.1. The lowest BCUT2D eigenvalue weighted by Gasteiger charge is -2.10. The van der Waals surface area contributed by atoms with Gasteiger partial charge in [-0.3, -0.25) is 0 Å². The van der Waals surface area contributed by atoms with Crippen molar-refractivity contribution in [1.82, 2.24) is 0 Å². The van der Waals surface area contributed by atoms with E-state index in [9.17, 15) is 0 Å². The van der Waals surface area contributed by atoms with E-state index in [0.717, 1.165) is 5.92 Å². The van der Waals surface area contributed by atoms with E-state index in [1.807, 2.05) is 0 Å². The average molecular weight is 218 g/mol. The fraction of sp³-hybridized carbons (Fsp3) is 0.625. The van der Waals surface area contributed by atoms with Gasteiger partial charge in [-0.05, 0) is 31.2 Å². The minimum atomic E-state index is 0.908. The number of unbranched alkanes of at least 4 members (excludes halogenated alkanes) is 1. The van der Waals surface area contributed by atoms with Gasteiger partial charge in [0.05, 0.1) is 0 Å². The summed E-state index contributed by atoms with van der Waals surface area (Å²) in [6.07, 6.45) is 8.11. The van der Waals surface area contributed by atoms with E-state index >= 15 is 0 Å². The van der Waals surface area contributed by atoms with Crippen LogP contribution in [0.1, 0.15) is 57.1 Å². The Kier molecular flexibility index (Phi) is 6.22. The van der Waals surface area contributed by atoms with E-state index in [2.05, 4.69) is 45.0 Å². The third-order valence-corrected chi connectivity index (χ3v) is 3.33. The van der Waals surface area contributed by atoms with Crippen LogP contribution >= 0.6 is 0 Å². The fourth-order valence-electron chi connectivity index (χ4n) is 2.11. The molecule has 0 aliphatic carbocycles. The van der Waals surface area contributed by atoms with Gasteiger partial charge in [0.15, 0.2) is 0 Å². The normalized spacial score (nSPS) is 12.7. The first-order valence-electron chi connectivity index (χ1n) is 6.78. The summed E-state index contributed by atoms with van der Waals surface area (Å²) in [5.74, 6) is 0.908. The summed E-state index contributed by atoms with van der Waals surface area (Å²) < 4.78 is 0. The molecule has 1 aromatic carbocycles. The third-order valence-electron chi connectivity index (χ3n) is 3.33. The van der Waals surface area contributed by atoms with Crippen LogP contribution in [-0.2, 0) is 6.42 Å². The van der Waals surface area contributed by atoms with Gasteiger partial charge in [-0.2, -0.15) is 0 Å². The minimum Gasteiger partial charge on any atom is -0.0654 e. The van der Waals surface area contributed by atoms with Crippen LogP contribution in [0.2, 0.25) is 0 Å². The molecule has 0 bridgehead atoms. The molecule has 0 saturated heterocycles. The molecule has 0 nitrogen and oxygen atoms in total. The molecule has 90 valence electrons. The van der Waals surface area contributed by atoms with Crippen molar-refractivity contribution in [3.63, 3.8) is 0 Å². The lowest BCUT2D eigenvalue weighted by molar-refractivity contribution is 0.457. The lowest BCUT2D eigenvalue weighted by atomic mass is 9.96. The summed E-state index contributed by atoms with van der Waals surface area (Å²) in [5, 5.41) is 0. The Bertz CT molecular complexity index is 271. The molecule has 0 aromatic heterocycles. The van der Waals surface area contributed by atoms with Crippen molar-refractivity contribution in [2.24, 2.45) is 5.92 Å². The molecule has 0 N–H and O–H groups in total. The van der Waals surface area contributed by atoms with Crippen molar-refractivity contribution in [1.29, 1.82) is 0 Å². The zero-order valence-corrected chi connectivity index (χ0v) is 11.1. The topological polar surface area (TPSA) is 0 Å². The molecule has 1 unspecified atom stereocenters. The van der Waals surface area contributed by atoms with Crippen LogP contribution in [0.3, 0.4) is 0 Å². The van der Waals surface area contributed by atoms with Crippen molar-refractivity contribution in [3.8, 4) is 0 Å². The van der Waals surface area contributed by atoms with Crippen LogP contribution in [0, 0.1) is 12.8 Å². The van der Waals surface area contributed by atoms with Gasteiger partial charge < -0.3 is 0 Å². The van der Waals surface area contributed by atoms with Crippen LogP contribution < -0.4 is 0 Å². The third kappa shape index (κ3) is 5.34. The summed E-state index contributed by atoms with van der Waals surface area (Å²) in [4.78, 5) is 0. The van der Waals surface area contributed by atoms with Crippen LogP contribution in [0.25, 0.3) is 0 Å². The van der Waals surface area contributed by atoms with Gasteiger partial charge in [0, 0.05) is 0 Å². The Balaban J connectivity index is 2.17. The molecule has 0 amide bonds. The van der Waals surface area contributed by atoms with Gasteiger partial charge in [-0.1, -0.05) is 69.4 Å². The van der Waals surface area contributed by atoms with Crippen molar-refractivity contribution < 1.29 is 0 Å². The molecule has 0 heterocycles. The standard InChI is InChI=1S/C16H26/c1-4-5-7-14(2)8-6-9-16-12-10-15(3)11-13-16/h10-14H,4-9H2,1-3H3. The van der Waals surface area contributed by atoms with Gasteiger partial charge in [-0.15, -0.1) is 0 Å². The van der Waals surface area contributed by atoms with Gasteiger partial charge in [0.25, 0.3) is 0 Å². The Labute approximate surface area is 101 Å². The summed E-state index contributed by atoms with van der Waals surface area (Å²) in [7, 11) is 0. The van der Waals surface area contributed by atoms with Crippen LogP contribution in [-0.4, -0.2) is 0 Å². The molecule has 1 rings (SSSR count). The highest BCUT2D eigenvalue weighted by Gasteiger charge is 2.01. The Morgan fingerprint density at radius 3 is 2.25 bits per heavy atom. The molecule has 0 heteroatoms. The molecule has 0 saturated carbocycles. The Morgan fingerprint density at radius 2 is 1.62 bits per heavy atom. The highest BCUT2D eigenvalue weighted by molar-refractivity contribution is 5.21. The molecule has 0 spiro atoms. The molecule has 0 fully saturated rings. The Hall–Kier alpha value is -0.780. The number of rotatable bonds is 7. The molecule has 0 radical (unpaired) electrons. The van der Waals surface area contributed by atoms with Crippen molar-refractivity contribution in [3.05, 3.63) is 35.4 Å². The number of hydrogen-bond acceptors (Lipinski definition) is 0. The van der Waals surface area contributed by atoms with Crippen molar-refractivity contribution in [2.75, 3.05) is 0 Å². The second-order valence-electron chi connectivity index (χ2n) is 5.13.